The third kappa shape index (κ3) is 3.21. The first-order valence-corrected chi connectivity index (χ1v) is 7.87. The fourth-order valence-electron chi connectivity index (χ4n) is 3.35. The van der Waals surface area contributed by atoms with Crippen molar-refractivity contribution < 1.29 is 4.42 Å². The number of hydrogen-bond donors (Lipinski definition) is 1. The summed E-state index contributed by atoms with van der Waals surface area (Å²) in [4.78, 5) is 4.59. The minimum absolute atomic E-state index is 0.478. The predicted octanol–water partition coefficient (Wildman–Crippen LogP) is 3.93. The van der Waals surface area contributed by atoms with E-state index in [1.807, 2.05) is 24.3 Å². The second-order valence-corrected chi connectivity index (χ2v) is 6.00. The molecule has 1 atom stereocenters. The fourth-order valence-corrected chi connectivity index (χ4v) is 3.35. The molecule has 20 heavy (non-hydrogen) atoms. The van der Waals surface area contributed by atoms with Crippen molar-refractivity contribution in [1.82, 2.24) is 10.3 Å². The third-order valence-electron chi connectivity index (χ3n) is 4.51. The predicted molar refractivity (Wildman–Crippen MR) is 81.8 cm³/mol. The van der Waals surface area contributed by atoms with Crippen LogP contribution in [0.3, 0.4) is 0 Å². The molecule has 108 valence electrons. The lowest BCUT2D eigenvalue weighted by Crippen LogP contribution is -2.30. The highest BCUT2D eigenvalue weighted by molar-refractivity contribution is 5.72. The van der Waals surface area contributed by atoms with Gasteiger partial charge in [0.25, 0.3) is 0 Å². The summed E-state index contributed by atoms with van der Waals surface area (Å²) in [6, 6.07) is 8.48. The van der Waals surface area contributed by atoms with E-state index >= 15 is 0 Å². The molecule has 2 aromatic rings. The quantitative estimate of drug-likeness (QED) is 0.896. The van der Waals surface area contributed by atoms with Crippen molar-refractivity contribution in [3.8, 4) is 0 Å². The minimum atomic E-state index is 0.478. The van der Waals surface area contributed by atoms with Gasteiger partial charge in [0.2, 0.25) is 0 Å². The lowest BCUT2D eigenvalue weighted by Gasteiger charge is -2.25. The number of oxazole rings is 1. The zero-order valence-electron chi connectivity index (χ0n) is 12.3. The van der Waals surface area contributed by atoms with Gasteiger partial charge in [-0.2, -0.15) is 0 Å². The molecule has 0 radical (unpaired) electrons. The van der Waals surface area contributed by atoms with E-state index in [1.54, 1.807) is 0 Å². The number of fused-ring (bicyclic) bond motifs is 1. The van der Waals surface area contributed by atoms with Crippen molar-refractivity contribution >= 4 is 11.1 Å². The Labute approximate surface area is 120 Å². The maximum Gasteiger partial charge on any atom is 0.197 e. The maximum absolute atomic E-state index is 5.84. The van der Waals surface area contributed by atoms with Crippen LogP contribution in [0.25, 0.3) is 11.1 Å². The molecule has 0 amide bonds. The van der Waals surface area contributed by atoms with Crippen LogP contribution in [0.15, 0.2) is 28.7 Å². The van der Waals surface area contributed by atoms with Crippen LogP contribution in [-0.2, 0) is 6.42 Å². The molecule has 0 spiro atoms. The molecule has 1 N–H and O–H groups in total. The summed E-state index contributed by atoms with van der Waals surface area (Å²) in [5, 5.41) is 3.44. The van der Waals surface area contributed by atoms with Crippen LogP contribution >= 0.6 is 0 Å². The van der Waals surface area contributed by atoms with Crippen LogP contribution < -0.4 is 5.32 Å². The van der Waals surface area contributed by atoms with E-state index in [0.717, 1.165) is 29.3 Å². The molecule has 1 aromatic carbocycles. The van der Waals surface area contributed by atoms with Gasteiger partial charge in [0.1, 0.15) is 5.52 Å². The molecular formula is C17H24N2O. The number of rotatable bonds is 5. The van der Waals surface area contributed by atoms with Crippen molar-refractivity contribution in [2.75, 3.05) is 7.05 Å². The Morgan fingerprint density at radius 2 is 2.05 bits per heavy atom. The van der Waals surface area contributed by atoms with Gasteiger partial charge < -0.3 is 9.73 Å². The van der Waals surface area contributed by atoms with Gasteiger partial charge in [0.15, 0.2) is 11.5 Å². The second-order valence-electron chi connectivity index (χ2n) is 6.00. The molecule has 3 nitrogen and oxygen atoms in total. The lowest BCUT2D eigenvalue weighted by molar-refractivity contribution is 0.296. The van der Waals surface area contributed by atoms with E-state index in [2.05, 4.69) is 17.3 Å². The molecule has 0 bridgehead atoms. The van der Waals surface area contributed by atoms with E-state index in [9.17, 15) is 0 Å². The van der Waals surface area contributed by atoms with Gasteiger partial charge in [-0.1, -0.05) is 44.2 Å². The average Bonchev–Trinajstić information content (AvgIpc) is 2.90. The number of hydrogen-bond acceptors (Lipinski definition) is 3. The summed E-state index contributed by atoms with van der Waals surface area (Å²) < 4.78 is 5.84. The van der Waals surface area contributed by atoms with E-state index in [-0.39, 0.29) is 0 Å². The van der Waals surface area contributed by atoms with Gasteiger partial charge in [0, 0.05) is 12.5 Å². The molecule has 1 aliphatic rings. The Morgan fingerprint density at radius 3 is 2.80 bits per heavy atom. The van der Waals surface area contributed by atoms with Crippen LogP contribution in [0.5, 0.6) is 0 Å². The summed E-state index contributed by atoms with van der Waals surface area (Å²) in [5.74, 6) is 1.74. The zero-order valence-corrected chi connectivity index (χ0v) is 12.3. The molecule has 1 aromatic heterocycles. The summed E-state index contributed by atoms with van der Waals surface area (Å²) >= 11 is 0. The molecule has 1 aliphatic carbocycles. The Kier molecular flexibility index (Phi) is 4.36. The molecule has 3 rings (SSSR count). The smallest absolute Gasteiger partial charge is 0.197 e. The van der Waals surface area contributed by atoms with Crippen LogP contribution in [0.2, 0.25) is 0 Å². The first-order valence-electron chi connectivity index (χ1n) is 7.87. The van der Waals surface area contributed by atoms with Crippen molar-refractivity contribution in [1.29, 1.82) is 0 Å². The zero-order chi connectivity index (χ0) is 13.8. The summed E-state index contributed by atoms with van der Waals surface area (Å²) in [7, 11) is 2.05. The van der Waals surface area contributed by atoms with Gasteiger partial charge >= 0.3 is 0 Å². The van der Waals surface area contributed by atoms with Crippen LogP contribution in [0.1, 0.15) is 44.4 Å². The van der Waals surface area contributed by atoms with Crippen LogP contribution in [-0.4, -0.2) is 18.1 Å². The van der Waals surface area contributed by atoms with E-state index in [4.69, 9.17) is 4.42 Å². The number of aromatic nitrogens is 1. The molecule has 1 saturated carbocycles. The average molecular weight is 272 g/mol. The maximum atomic E-state index is 5.84. The molecule has 0 aliphatic heterocycles. The molecule has 0 saturated heterocycles. The highest BCUT2D eigenvalue weighted by atomic mass is 16.3. The Morgan fingerprint density at radius 1 is 1.25 bits per heavy atom. The standard InChI is InChI=1S/C17H24N2O/c1-18-14(11-13-7-3-2-4-8-13)12-17-19-15-9-5-6-10-16(15)20-17/h5-6,9-10,13-14,18H,2-4,7-8,11-12H2,1H3. The number of likely N-dealkylation sites (N-methyl/N-ethyl adjacent to an activating group) is 1. The largest absolute Gasteiger partial charge is 0.441 e. The normalized spacial score (nSPS) is 18.4. The first kappa shape index (κ1) is 13.6. The second kappa shape index (κ2) is 6.40. The highest BCUT2D eigenvalue weighted by Crippen LogP contribution is 2.28. The van der Waals surface area contributed by atoms with Gasteiger partial charge in [-0.05, 0) is 31.5 Å². The van der Waals surface area contributed by atoms with Gasteiger partial charge in [-0.15, -0.1) is 0 Å². The van der Waals surface area contributed by atoms with E-state index < -0.39 is 0 Å². The molecule has 1 heterocycles. The number of nitrogens with zero attached hydrogens (tertiary/aromatic N) is 1. The minimum Gasteiger partial charge on any atom is -0.441 e. The number of para-hydroxylation sites is 2. The topological polar surface area (TPSA) is 38.1 Å². The third-order valence-corrected chi connectivity index (χ3v) is 4.51. The lowest BCUT2D eigenvalue weighted by atomic mass is 9.84. The van der Waals surface area contributed by atoms with Crippen molar-refractivity contribution in [3.05, 3.63) is 30.2 Å². The van der Waals surface area contributed by atoms with Gasteiger partial charge in [-0.3, -0.25) is 0 Å². The molecular weight excluding hydrogens is 248 g/mol. The fraction of sp³-hybridized carbons (Fsp3) is 0.588. The SMILES string of the molecule is CNC(Cc1nc2ccccc2o1)CC1CCCCC1. The summed E-state index contributed by atoms with van der Waals surface area (Å²) in [6.45, 7) is 0. The summed E-state index contributed by atoms with van der Waals surface area (Å²) in [6.07, 6.45) is 9.16. The van der Waals surface area contributed by atoms with Crippen molar-refractivity contribution in [2.24, 2.45) is 5.92 Å². The monoisotopic (exact) mass is 272 g/mol. The van der Waals surface area contributed by atoms with Crippen LogP contribution in [0.4, 0.5) is 0 Å². The van der Waals surface area contributed by atoms with E-state index in [0.29, 0.717) is 6.04 Å². The first-order chi connectivity index (χ1) is 9.85. The molecule has 1 unspecified atom stereocenters. The number of nitrogens with one attached hydrogen (secondary N) is 1. The Bertz CT molecular complexity index is 510. The van der Waals surface area contributed by atoms with Crippen LogP contribution in [0, 0.1) is 5.92 Å². The highest BCUT2D eigenvalue weighted by Gasteiger charge is 2.20. The summed E-state index contributed by atoms with van der Waals surface area (Å²) in [5.41, 5.74) is 1.87. The molecule has 3 heteroatoms. The Balaban J connectivity index is 1.64. The molecule has 1 fully saturated rings. The van der Waals surface area contributed by atoms with Crippen molar-refractivity contribution in [2.45, 2.75) is 51.0 Å². The van der Waals surface area contributed by atoms with Gasteiger partial charge in [-0.25, -0.2) is 4.98 Å². The van der Waals surface area contributed by atoms with E-state index in [1.165, 1.54) is 38.5 Å². The van der Waals surface area contributed by atoms with Gasteiger partial charge in [0.05, 0.1) is 0 Å². The van der Waals surface area contributed by atoms with Crippen molar-refractivity contribution in [3.63, 3.8) is 0 Å². The number of benzene rings is 1. The Hall–Kier alpha value is -1.35.